The average Bonchev–Trinajstić information content (AvgIpc) is 2.34. The molecule has 0 fully saturated rings. The molecule has 0 aliphatic heterocycles. The second-order valence-corrected chi connectivity index (χ2v) is 2.55. The Morgan fingerprint density at radius 3 is 3.00 bits per heavy atom. The molecule has 0 atom stereocenters. The van der Waals surface area contributed by atoms with E-state index in [0.717, 1.165) is 0 Å². The Balaban J connectivity index is 3.11. The number of aromatic nitrogens is 2. The molecule has 5 heteroatoms. The van der Waals surface area contributed by atoms with Crippen LogP contribution < -0.4 is 5.73 Å². The quantitative estimate of drug-likeness (QED) is 0.701. The Labute approximate surface area is 75.4 Å². The highest BCUT2D eigenvalue weighted by atomic mass is 35.5. The Morgan fingerprint density at radius 1 is 1.92 bits per heavy atom. The Hall–Kier alpha value is -1.29. The van der Waals surface area contributed by atoms with E-state index >= 15 is 0 Å². The van der Waals surface area contributed by atoms with E-state index in [1.54, 1.807) is 17.9 Å². The smallest absolute Gasteiger partial charge is 0.158 e. The molecular weight excluding hydrogens is 176 g/mol. The van der Waals surface area contributed by atoms with Crippen LogP contribution in [0.1, 0.15) is 5.69 Å². The van der Waals surface area contributed by atoms with E-state index in [2.05, 4.69) is 16.6 Å². The van der Waals surface area contributed by atoms with E-state index in [1.165, 1.54) is 6.20 Å². The van der Waals surface area contributed by atoms with Gasteiger partial charge in [0.25, 0.3) is 0 Å². The van der Waals surface area contributed by atoms with Crippen LogP contribution in [0, 0.1) is 0 Å². The Morgan fingerprint density at radius 2 is 2.58 bits per heavy atom. The van der Waals surface area contributed by atoms with Crippen molar-refractivity contribution < 1.29 is 0 Å². The standard InChI is InChI=1S/C7H9ClN4/c1-3-10-6(8)5-7(9)12(2)4-11-5/h3-4H,1,9H2,2H3. The fourth-order valence-corrected chi connectivity index (χ4v) is 0.955. The Kier molecular flexibility index (Phi) is 2.50. The van der Waals surface area contributed by atoms with Crippen LogP contribution in [0.5, 0.6) is 0 Å². The summed E-state index contributed by atoms with van der Waals surface area (Å²) in [6.07, 6.45) is 2.92. The van der Waals surface area contributed by atoms with Gasteiger partial charge >= 0.3 is 0 Å². The summed E-state index contributed by atoms with van der Waals surface area (Å²) >= 11 is 5.75. The summed E-state index contributed by atoms with van der Waals surface area (Å²) in [6.45, 7) is 3.42. The van der Waals surface area contributed by atoms with Gasteiger partial charge in [-0.1, -0.05) is 18.2 Å². The molecule has 0 bridgehead atoms. The molecule has 1 aromatic rings. The van der Waals surface area contributed by atoms with Crippen LogP contribution in [-0.4, -0.2) is 14.7 Å². The summed E-state index contributed by atoms with van der Waals surface area (Å²) in [5.74, 6) is 0.491. The van der Waals surface area contributed by atoms with Gasteiger partial charge in [-0.2, -0.15) is 0 Å². The van der Waals surface area contributed by atoms with Gasteiger partial charge in [0.15, 0.2) is 5.17 Å². The first-order valence-electron chi connectivity index (χ1n) is 3.28. The number of nitrogens with zero attached hydrogens (tertiary/aromatic N) is 3. The van der Waals surface area contributed by atoms with Gasteiger partial charge in [-0.25, -0.2) is 9.98 Å². The number of nitrogens with two attached hydrogens (primary N) is 1. The van der Waals surface area contributed by atoms with Crippen molar-refractivity contribution in [2.45, 2.75) is 0 Å². The summed E-state index contributed by atoms with van der Waals surface area (Å²) in [5, 5.41) is 0.253. The molecule has 12 heavy (non-hydrogen) atoms. The maximum absolute atomic E-state index is 5.75. The molecule has 0 spiro atoms. The molecule has 2 N–H and O–H groups in total. The molecule has 0 saturated heterocycles. The van der Waals surface area contributed by atoms with Gasteiger partial charge in [-0.15, -0.1) is 0 Å². The molecule has 1 rings (SSSR count). The molecule has 0 saturated carbocycles. The lowest BCUT2D eigenvalue weighted by molar-refractivity contribution is 0.925. The van der Waals surface area contributed by atoms with Crippen LogP contribution in [0.3, 0.4) is 0 Å². The minimum Gasteiger partial charge on any atom is -0.383 e. The third kappa shape index (κ3) is 1.48. The SMILES string of the molecule is C=CN=C(Cl)c1ncn(C)c1N. The molecule has 4 nitrogen and oxygen atoms in total. The first-order valence-corrected chi connectivity index (χ1v) is 3.66. The maximum Gasteiger partial charge on any atom is 0.158 e. The molecule has 0 radical (unpaired) electrons. The van der Waals surface area contributed by atoms with Crippen molar-refractivity contribution >= 4 is 22.6 Å². The number of imidazole rings is 1. The molecule has 0 amide bonds. The molecule has 0 unspecified atom stereocenters. The van der Waals surface area contributed by atoms with Gasteiger partial charge < -0.3 is 10.3 Å². The normalized spacial score (nSPS) is 11.7. The van der Waals surface area contributed by atoms with E-state index in [0.29, 0.717) is 11.5 Å². The van der Waals surface area contributed by atoms with Gasteiger partial charge in [0.1, 0.15) is 11.5 Å². The summed E-state index contributed by atoms with van der Waals surface area (Å²) in [6, 6.07) is 0. The average molecular weight is 185 g/mol. The van der Waals surface area contributed by atoms with Crippen LogP contribution in [0.2, 0.25) is 0 Å². The van der Waals surface area contributed by atoms with Crippen molar-refractivity contribution in [3.63, 3.8) is 0 Å². The second kappa shape index (κ2) is 3.40. The molecule has 1 aromatic heterocycles. The number of nitrogen functional groups attached to an aromatic ring is 1. The first kappa shape index (κ1) is 8.80. The highest BCUT2D eigenvalue weighted by molar-refractivity contribution is 6.69. The fourth-order valence-electron chi connectivity index (χ4n) is 0.740. The fraction of sp³-hybridized carbons (Fsp3) is 0.143. The highest BCUT2D eigenvalue weighted by Crippen LogP contribution is 2.11. The van der Waals surface area contributed by atoms with E-state index in [1.807, 2.05) is 0 Å². The third-order valence-electron chi connectivity index (χ3n) is 1.38. The van der Waals surface area contributed by atoms with Gasteiger partial charge in [0.2, 0.25) is 0 Å². The van der Waals surface area contributed by atoms with Gasteiger partial charge in [0, 0.05) is 13.2 Å². The Bertz CT molecular complexity index is 326. The lowest BCUT2D eigenvalue weighted by Crippen LogP contribution is -2.01. The van der Waals surface area contributed by atoms with Crippen LogP contribution in [0.15, 0.2) is 24.1 Å². The van der Waals surface area contributed by atoms with Gasteiger partial charge in [0.05, 0.1) is 6.33 Å². The minimum atomic E-state index is 0.253. The predicted molar refractivity (Wildman–Crippen MR) is 50.2 cm³/mol. The van der Waals surface area contributed by atoms with Crippen molar-refractivity contribution in [3.05, 3.63) is 24.8 Å². The lowest BCUT2D eigenvalue weighted by atomic mass is 10.4. The van der Waals surface area contributed by atoms with Crippen molar-refractivity contribution in [1.29, 1.82) is 0 Å². The number of hydrogen-bond donors (Lipinski definition) is 1. The third-order valence-corrected chi connectivity index (χ3v) is 1.66. The van der Waals surface area contributed by atoms with Crippen molar-refractivity contribution in [1.82, 2.24) is 9.55 Å². The lowest BCUT2D eigenvalue weighted by Gasteiger charge is -1.95. The minimum absolute atomic E-state index is 0.253. The number of halogens is 1. The highest BCUT2D eigenvalue weighted by Gasteiger charge is 2.08. The maximum atomic E-state index is 5.75. The van der Waals surface area contributed by atoms with E-state index < -0.39 is 0 Å². The van der Waals surface area contributed by atoms with Crippen LogP contribution in [-0.2, 0) is 7.05 Å². The van der Waals surface area contributed by atoms with Crippen molar-refractivity contribution in [3.8, 4) is 0 Å². The number of anilines is 1. The van der Waals surface area contributed by atoms with Crippen LogP contribution in [0.25, 0.3) is 0 Å². The molecule has 0 aliphatic rings. The number of hydrogen-bond acceptors (Lipinski definition) is 3. The van der Waals surface area contributed by atoms with Crippen LogP contribution >= 0.6 is 11.6 Å². The number of rotatable bonds is 2. The molecular formula is C7H9ClN4. The predicted octanol–water partition coefficient (Wildman–Crippen LogP) is 1.13. The molecule has 1 heterocycles. The van der Waals surface area contributed by atoms with Crippen LogP contribution in [0.4, 0.5) is 5.82 Å². The monoisotopic (exact) mass is 184 g/mol. The van der Waals surface area contributed by atoms with E-state index in [9.17, 15) is 0 Å². The largest absolute Gasteiger partial charge is 0.383 e. The van der Waals surface area contributed by atoms with E-state index in [-0.39, 0.29) is 5.17 Å². The van der Waals surface area contributed by atoms with E-state index in [4.69, 9.17) is 17.3 Å². The molecule has 64 valence electrons. The van der Waals surface area contributed by atoms with Crippen molar-refractivity contribution in [2.24, 2.45) is 12.0 Å². The number of aliphatic imine (C=N–C) groups is 1. The zero-order valence-electron chi connectivity index (χ0n) is 6.66. The topological polar surface area (TPSA) is 56.2 Å². The summed E-state index contributed by atoms with van der Waals surface area (Å²) < 4.78 is 1.66. The zero-order chi connectivity index (χ0) is 9.14. The summed E-state index contributed by atoms with van der Waals surface area (Å²) in [7, 11) is 1.78. The van der Waals surface area contributed by atoms with Crippen molar-refractivity contribution in [2.75, 3.05) is 5.73 Å². The summed E-state index contributed by atoms with van der Waals surface area (Å²) in [5.41, 5.74) is 6.12. The number of aryl methyl sites for hydroxylation is 1. The zero-order valence-corrected chi connectivity index (χ0v) is 7.41. The van der Waals surface area contributed by atoms with Gasteiger partial charge in [-0.3, -0.25) is 0 Å². The second-order valence-electron chi connectivity index (χ2n) is 2.19. The molecule has 0 aromatic carbocycles. The van der Waals surface area contributed by atoms with Gasteiger partial charge in [-0.05, 0) is 0 Å². The molecule has 0 aliphatic carbocycles. The summed E-state index contributed by atoms with van der Waals surface area (Å²) in [4.78, 5) is 7.72. The first-order chi connectivity index (χ1) is 5.66.